The molecular weight excluding hydrogens is 308 g/mol. The number of hydrogen-bond donors (Lipinski definition) is 0. The summed E-state index contributed by atoms with van der Waals surface area (Å²) in [6.45, 7) is 4.63. The summed E-state index contributed by atoms with van der Waals surface area (Å²) < 4.78 is 5.41. The molecule has 1 fully saturated rings. The van der Waals surface area contributed by atoms with Crippen LogP contribution in [0.5, 0.6) is 5.75 Å². The number of likely N-dealkylation sites (tertiary alicyclic amines) is 1. The average molecular weight is 336 g/mol. The molecule has 0 aromatic heterocycles. The molecule has 2 aromatic carbocycles. The normalized spacial score (nSPS) is 24.2. The van der Waals surface area contributed by atoms with Crippen LogP contribution in [-0.2, 0) is 6.42 Å². The van der Waals surface area contributed by atoms with E-state index in [4.69, 9.17) is 4.74 Å². The Hall–Kier alpha value is -1.84. The van der Waals surface area contributed by atoms with Crippen LogP contribution in [0, 0.1) is 0 Å². The number of likely N-dealkylation sites (N-methyl/N-ethyl adjacent to an activating group) is 1. The van der Waals surface area contributed by atoms with E-state index in [0.29, 0.717) is 12.0 Å². The van der Waals surface area contributed by atoms with E-state index in [9.17, 15) is 0 Å². The standard InChI is InChI=1S/C22H28N2O/c1-23-12-10-18-14-20(25-2)8-9-21(18)22(23)16-24-13-11-19(15-24)17-6-4-3-5-7-17/h3-9,14,19,22H,10-13,15-16H2,1-2H3. The van der Waals surface area contributed by atoms with Crippen LogP contribution in [0.25, 0.3) is 0 Å². The van der Waals surface area contributed by atoms with Crippen LogP contribution in [0.1, 0.15) is 35.1 Å². The Morgan fingerprint density at radius 1 is 1.08 bits per heavy atom. The smallest absolute Gasteiger partial charge is 0.119 e. The van der Waals surface area contributed by atoms with Crippen LogP contribution < -0.4 is 4.74 Å². The van der Waals surface area contributed by atoms with Gasteiger partial charge in [-0.05, 0) is 61.2 Å². The fourth-order valence-electron chi connectivity index (χ4n) is 4.42. The van der Waals surface area contributed by atoms with Gasteiger partial charge in [-0.3, -0.25) is 4.90 Å². The van der Waals surface area contributed by atoms with Crippen molar-refractivity contribution in [2.75, 3.05) is 40.3 Å². The van der Waals surface area contributed by atoms with Crippen LogP contribution in [0.3, 0.4) is 0 Å². The molecule has 4 rings (SSSR count). The summed E-state index contributed by atoms with van der Waals surface area (Å²) in [5.74, 6) is 1.66. The number of fused-ring (bicyclic) bond motifs is 1. The summed E-state index contributed by atoms with van der Waals surface area (Å²) in [4.78, 5) is 5.17. The Morgan fingerprint density at radius 3 is 2.72 bits per heavy atom. The van der Waals surface area contributed by atoms with Gasteiger partial charge < -0.3 is 9.64 Å². The molecule has 0 aliphatic carbocycles. The zero-order chi connectivity index (χ0) is 17.2. The number of methoxy groups -OCH3 is 1. The van der Waals surface area contributed by atoms with E-state index in [1.807, 2.05) is 0 Å². The van der Waals surface area contributed by atoms with Gasteiger partial charge >= 0.3 is 0 Å². The summed E-state index contributed by atoms with van der Waals surface area (Å²) in [5.41, 5.74) is 4.44. The third kappa shape index (κ3) is 3.44. The molecule has 132 valence electrons. The zero-order valence-corrected chi connectivity index (χ0v) is 15.3. The molecule has 0 spiro atoms. The number of benzene rings is 2. The summed E-state index contributed by atoms with van der Waals surface area (Å²) in [5, 5.41) is 0. The van der Waals surface area contributed by atoms with Gasteiger partial charge in [0.15, 0.2) is 0 Å². The van der Waals surface area contributed by atoms with Crippen LogP contribution >= 0.6 is 0 Å². The molecule has 1 saturated heterocycles. The predicted molar refractivity (Wildman–Crippen MR) is 102 cm³/mol. The van der Waals surface area contributed by atoms with Gasteiger partial charge in [0.1, 0.15) is 5.75 Å². The predicted octanol–water partition coefficient (Wildman–Crippen LogP) is 3.71. The summed E-state index contributed by atoms with van der Waals surface area (Å²) in [7, 11) is 4.02. The van der Waals surface area contributed by atoms with E-state index in [-0.39, 0.29) is 0 Å². The molecule has 3 heteroatoms. The molecule has 25 heavy (non-hydrogen) atoms. The first-order chi connectivity index (χ1) is 12.2. The Balaban J connectivity index is 1.48. The monoisotopic (exact) mass is 336 g/mol. The molecule has 0 saturated carbocycles. The lowest BCUT2D eigenvalue weighted by molar-refractivity contribution is 0.170. The number of nitrogens with zero attached hydrogens (tertiary/aromatic N) is 2. The fourth-order valence-corrected chi connectivity index (χ4v) is 4.42. The van der Waals surface area contributed by atoms with Crippen molar-refractivity contribution in [2.45, 2.75) is 24.8 Å². The van der Waals surface area contributed by atoms with Crippen LogP contribution in [0.4, 0.5) is 0 Å². The van der Waals surface area contributed by atoms with Gasteiger partial charge in [-0.15, -0.1) is 0 Å². The number of hydrogen-bond acceptors (Lipinski definition) is 3. The van der Waals surface area contributed by atoms with E-state index in [0.717, 1.165) is 25.3 Å². The molecular formula is C22H28N2O. The Kier molecular flexibility index (Phi) is 4.78. The largest absolute Gasteiger partial charge is 0.497 e. The lowest BCUT2D eigenvalue weighted by atomic mass is 9.92. The number of rotatable bonds is 4. The third-order valence-corrected chi connectivity index (χ3v) is 5.95. The van der Waals surface area contributed by atoms with Gasteiger partial charge in [-0.25, -0.2) is 0 Å². The van der Waals surface area contributed by atoms with Crippen LogP contribution in [0.2, 0.25) is 0 Å². The van der Waals surface area contributed by atoms with Crippen molar-refractivity contribution in [3.63, 3.8) is 0 Å². The number of ether oxygens (including phenoxy) is 1. The topological polar surface area (TPSA) is 15.7 Å². The van der Waals surface area contributed by atoms with Gasteiger partial charge in [-0.1, -0.05) is 36.4 Å². The second-order valence-electron chi connectivity index (χ2n) is 7.47. The fraction of sp³-hybridized carbons (Fsp3) is 0.455. The minimum Gasteiger partial charge on any atom is -0.497 e. The molecule has 2 heterocycles. The summed E-state index contributed by atoms with van der Waals surface area (Å²) in [6, 6.07) is 18.1. The lowest BCUT2D eigenvalue weighted by Gasteiger charge is -2.37. The third-order valence-electron chi connectivity index (χ3n) is 5.95. The molecule has 2 aliphatic heterocycles. The van der Waals surface area contributed by atoms with Crippen LogP contribution in [-0.4, -0.2) is 50.1 Å². The molecule has 0 bridgehead atoms. The van der Waals surface area contributed by atoms with Crippen molar-refractivity contribution >= 4 is 0 Å². The average Bonchev–Trinajstić information content (AvgIpc) is 3.13. The van der Waals surface area contributed by atoms with Crippen molar-refractivity contribution in [2.24, 2.45) is 0 Å². The molecule has 2 aromatic rings. The highest BCUT2D eigenvalue weighted by Gasteiger charge is 2.30. The van der Waals surface area contributed by atoms with Gasteiger partial charge in [0, 0.05) is 25.7 Å². The molecule has 0 N–H and O–H groups in total. The van der Waals surface area contributed by atoms with Crippen molar-refractivity contribution in [3.8, 4) is 5.75 Å². The molecule has 2 unspecified atom stereocenters. The second-order valence-corrected chi connectivity index (χ2v) is 7.47. The van der Waals surface area contributed by atoms with Gasteiger partial charge in [0.05, 0.1) is 7.11 Å². The Labute approximate surface area is 151 Å². The highest BCUT2D eigenvalue weighted by molar-refractivity contribution is 5.39. The molecule has 2 aliphatic rings. The van der Waals surface area contributed by atoms with Crippen molar-refractivity contribution in [1.29, 1.82) is 0 Å². The van der Waals surface area contributed by atoms with Crippen molar-refractivity contribution < 1.29 is 4.74 Å². The van der Waals surface area contributed by atoms with Crippen molar-refractivity contribution in [3.05, 3.63) is 65.2 Å². The maximum atomic E-state index is 5.41. The summed E-state index contributed by atoms with van der Waals surface area (Å²) in [6.07, 6.45) is 2.39. The Morgan fingerprint density at radius 2 is 1.92 bits per heavy atom. The molecule has 0 amide bonds. The Bertz CT molecular complexity index is 715. The van der Waals surface area contributed by atoms with Gasteiger partial charge in [0.2, 0.25) is 0 Å². The van der Waals surface area contributed by atoms with E-state index < -0.39 is 0 Å². The maximum Gasteiger partial charge on any atom is 0.119 e. The maximum absolute atomic E-state index is 5.41. The van der Waals surface area contributed by atoms with Crippen LogP contribution in [0.15, 0.2) is 48.5 Å². The first-order valence-corrected chi connectivity index (χ1v) is 9.39. The molecule has 2 atom stereocenters. The van der Waals surface area contributed by atoms with E-state index >= 15 is 0 Å². The quantitative estimate of drug-likeness (QED) is 0.846. The molecule has 0 radical (unpaired) electrons. The highest BCUT2D eigenvalue weighted by Crippen LogP contribution is 2.34. The first kappa shape index (κ1) is 16.6. The zero-order valence-electron chi connectivity index (χ0n) is 15.3. The molecule has 3 nitrogen and oxygen atoms in total. The lowest BCUT2D eigenvalue weighted by Crippen LogP contribution is -2.39. The first-order valence-electron chi connectivity index (χ1n) is 9.39. The van der Waals surface area contributed by atoms with E-state index in [2.05, 4.69) is 65.4 Å². The minimum absolute atomic E-state index is 0.490. The van der Waals surface area contributed by atoms with E-state index in [1.54, 1.807) is 7.11 Å². The summed E-state index contributed by atoms with van der Waals surface area (Å²) >= 11 is 0. The van der Waals surface area contributed by atoms with Gasteiger partial charge in [-0.2, -0.15) is 0 Å². The van der Waals surface area contributed by atoms with E-state index in [1.165, 1.54) is 36.2 Å². The highest BCUT2D eigenvalue weighted by atomic mass is 16.5. The minimum atomic E-state index is 0.490. The SMILES string of the molecule is COc1ccc2c(c1)CCN(C)C2CN1CCC(c2ccccc2)C1. The van der Waals surface area contributed by atoms with Crippen molar-refractivity contribution in [1.82, 2.24) is 9.80 Å². The van der Waals surface area contributed by atoms with Gasteiger partial charge in [0.25, 0.3) is 0 Å². The second kappa shape index (κ2) is 7.19.